The maximum absolute atomic E-state index is 13.2. The third-order valence-electron chi connectivity index (χ3n) is 4.75. The van der Waals surface area contributed by atoms with Crippen LogP contribution in [0.25, 0.3) is 6.08 Å². The second-order valence-corrected chi connectivity index (χ2v) is 7.68. The Labute approximate surface area is 169 Å². The van der Waals surface area contributed by atoms with Gasteiger partial charge in [0.15, 0.2) is 5.17 Å². The fraction of sp³-hybridized carbons (Fsp3) is 0.130. The number of aryl methyl sites for hydroxylation is 1. The number of amides is 1. The lowest BCUT2D eigenvalue weighted by molar-refractivity contribution is -0.121. The molecule has 0 bridgehead atoms. The van der Waals surface area contributed by atoms with Crippen molar-refractivity contribution < 1.29 is 4.79 Å². The van der Waals surface area contributed by atoms with Crippen LogP contribution in [0.15, 0.2) is 82.9 Å². The number of amidine groups is 1. The summed E-state index contributed by atoms with van der Waals surface area (Å²) in [5, 5.41) is 0.678. The summed E-state index contributed by atoms with van der Waals surface area (Å²) in [6.07, 6.45) is 5.79. The van der Waals surface area contributed by atoms with E-state index >= 15 is 0 Å². The molecule has 4 nitrogen and oxygen atoms in total. The van der Waals surface area contributed by atoms with E-state index in [9.17, 15) is 4.79 Å². The van der Waals surface area contributed by atoms with Crippen LogP contribution in [0, 0.1) is 6.92 Å². The molecule has 28 heavy (non-hydrogen) atoms. The number of aliphatic imine (C=N–C) groups is 1. The molecule has 0 unspecified atom stereocenters. The van der Waals surface area contributed by atoms with Crippen molar-refractivity contribution in [3.8, 4) is 0 Å². The highest BCUT2D eigenvalue weighted by molar-refractivity contribution is 8.18. The van der Waals surface area contributed by atoms with Crippen molar-refractivity contribution in [1.29, 1.82) is 0 Å². The maximum atomic E-state index is 13.2. The Hall–Kier alpha value is -3.05. The van der Waals surface area contributed by atoms with E-state index in [2.05, 4.69) is 29.7 Å². The monoisotopic (exact) mass is 387 g/mol. The first-order valence-electron chi connectivity index (χ1n) is 9.09. The highest BCUT2D eigenvalue weighted by Gasteiger charge is 2.36. The van der Waals surface area contributed by atoms with Crippen molar-refractivity contribution in [3.05, 3.63) is 89.0 Å². The fourth-order valence-electron chi connectivity index (χ4n) is 3.24. The summed E-state index contributed by atoms with van der Waals surface area (Å²) in [7, 11) is 1.99. The molecule has 1 saturated heterocycles. The van der Waals surface area contributed by atoms with Gasteiger partial charge in [0.25, 0.3) is 5.91 Å². The highest BCUT2D eigenvalue weighted by atomic mass is 32.2. The Morgan fingerprint density at radius 2 is 1.86 bits per heavy atom. The van der Waals surface area contributed by atoms with Gasteiger partial charge >= 0.3 is 0 Å². The van der Waals surface area contributed by atoms with Gasteiger partial charge in [-0.3, -0.25) is 9.69 Å². The second kappa shape index (κ2) is 7.52. The third-order valence-corrected chi connectivity index (χ3v) is 5.83. The molecule has 2 aliphatic heterocycles. The van der Waals surface area contributed by atoms with Gasteiger partial charge in [-0.1, -0.05) is 48.0 Å². The molecule has 0 spiro atoms. The number of carbonyl (C=O) groups excluding carboxylic acids is 1. The van der Waals surface area contributed by atoms with Gasteiger partial charge in [-0.2, -0.15) is 0 Å². The molecule has 2 aromatic rings. The van der Waals surface area contributed by atoms with E-state index < -0.39 is 0 Å². The number of rotatable bonds is 3. The van der Waals surface area contributed by atoms with Crippen LogP contribution < -0.4 is 4.90 Å². The molecule has 140 valence electrons. The first-order valence-corrected chi connectivity index (χ1v) is 9.91. The summed E-state index contributed by atoms with van der Waals surface area (Å²) < 4.78 is 0. The standard InChI is InChI=1S/C23H21N3OS/c1-4-15-26-22(27)21(28-23(26)24-18-12-9-16(2)10-13-18)20-14-11-17-7-5-6-8-19(17)25(20)3/h4-14H,1,15H2,2-3H3/b21-20-,24-23?. The summed E-state index contributed by atoms with van der Waals surface area (Å²) in [4.78, 5) is 22.3. The predicted molar refractivity (Wildman–Crippen MR) is 119 cm³/mol. The van der Waals surface area contributed by atoms with Gasteiger partial charge in [-0.25, -0.2) is 4.99 Å². The van der Waals surface area contributed by atoms with Gasteiger partial charge in [-0.15, -0.1) is 6.58 Å². The molecule has 0 aliphatic carbocycles. The average molecular weight is 388 g/mol. The molecule has 1 fully saturated rings. The number of fused-ring (bicyclic) bond motifs is 1. The van der Waals surface area contributed by atoms with Crippen molar-refractivity contribution in [2.24, 2.45) is 4.99 Å². The lowest BCUT2D eigenvalue weighted by atomic mass is 10.1. The number of nitrogens with zero attached hydrogens (tertiary/aromatic N) is 3. The van der Waals surface area contributed by atoms with Crippen molar-refractivity contribution in [2.75, 3.05) is 18.5 Å². The number of anilines is 1. The molecular formula is C23H21N3OS. The molecular weight excluding hydrogens is 366 g/mol. The summed E-state index contributed by atoms with van der Waals surface area (Å²) in [5.41, 5.74) is 5.12. The lowest BCUT2D eigenvalue weighted by Crippen LogP contribution is -2.30. The molecule has 0 aromatic heterocycles. The Balaban J connectivity index is 1.75. The topological polar surface area (TPSA) is 35.9 Å². The molecule has 2 heterocycles. The number of hydrogen-bond acceptors (Lipinski definition) is 4. The van der Waals surface area contributed by atoms with Gasteiger partial charge in [0, 0.05) is 19.3 Å². The Bertz CT molecular complexity index is 1030. The minimum Gasteiger partial charge on any atom is -0.343 e. The van der Waals surface area contributed by atoms with E-state index in [-0.39, 0.29) is 5.91 Å². The smallest absolute Gasteiger partial charge is 0.269 e. The van der Waals surface area contributed by atoms with Crippen molar-refractivity contribution in [3.63, 3.8) is 0 Å². The molecule has 0 atom stereocenters. The lowest BCUT2D eigenvalue weighted by Gasteiger charge is -2.27. The number of likely N-dealkylation sites (N-methyl/N-ethyl adjacent to an activating group) is 1. The first-order chi connectivity index (χ1) is 13.6. The minimum atomic E-state index is -0.0401. The van der Waals surface area contributed by atoms with Crippen LogP contribution in [0.3, 0.4) is 0 Å². The van der Waals surface area contributed by atoms with Crippen LogP contribution in [-0.4, -0.2) is 29.6 Å². The number of allylic oxidation sites excluding steroid dienone is 1. The maximum Gasteiger partial charge on any atom is 0.269 e. The molecule has 2 aliphatic rings. The van der Waals surface area contributed by atoms with Gasteiger partial charge < -0.3 is 4.90 Å². The van der Waals surface area contributed by atoms with Crippen molar-refractivity contribution in [2.45, 2.75) is 6.92 Å². The van der Waals surface area contributed by atoms with Crippen molar-refractivity contribution in [1.82, 2.24) is 4.90 Å². The molecule has 0 N–H and O–H groups in total. The quantitative estimate of drug-likeness (QED) is 0.542. The SMILES string of the molecule is C=CCN1C(=O)/C(=C2\C=Cc3ccccc3N2C)SC1=Nc1ccc(C)cc1. The van der Waals surface area contributed by atoms with E-state index in [1.807, 2.05) is 56.4 Å². The first kappa shape index (κ1) is 18.3. The highest BCUT2D eigenvalue weighted by Crippen LogP contribution is 2.39. The Morgan fingerprint density at radius 3 is 2.61 bits per heavy atom. The number of carbonyl (C=O) groups is 1. The third kappa shape index (κ3) is 3.29. The number of benzene rings is 2. The zero-order valence-electron chi connectivity index (χ0n) is 15.9. The van der Waals surface area contributed by atoms with Crippen LogP contribution in [0.5, 0.6) is 0 Å². The van der Waals surface area contributed by atoms with E-state index in [1.54, 1.807) is 11.0 Å². The Morgan fingerprint density at radius 1 is 1.11 bits per heavy atom. The zero-order chi connectivity index (χ0) is 19.7. The van der Waals surface area contributed by atoms with Gasteiger partial charge in [0.2, 0.25) is 0 Å². The number of thioether (sulfide) groups is 1. The summed E-state index contributed by atoms with van der Waals surface area (Å²) >= 11 is 1.42. The number of para-hydroxylation sites is 1. The molecule has 0 radical (unpaired) electrons. The van der Waals surface area contributed by atoms with E-state index in [1.165, 1.54) is 17.3 Å². The molecule has 1 amide bonds. The summed E-state index contributed by atoms with van der Waals surface area (Å²) in [6, 6.07) is 16.1. The van der Waals surface area contributed by atoms with E-state index in [0.29, 0.717) is 16.6 Å². The van der Waals surface area contributed by atoms with Crippen LogP contribution in [0.4, 0.5) is 11.4 Å². The van der Waals surface area contributed by atoms with Gasteiger partial charge in [-0.05, 0) is 48.5 Å². The van der Waals surface area contributed by atoms with E-state index in [4.69, 9.17) is 4.99 Å². The Kier molecular flexibility index (Phi) is 4.92. The van der Waals surface area contributed by atoms with Gasteiger partial charge in [0.1, 0.15) is 4.91 Å². The number of hydrogen-bond donors (Lipinski definition) is 0. The molecule has 5 heteroatoms. The van der Waals surface area contributed by atoms with Crippen LogP contribution >= 0.6 is 11.8 Å². The largest absolute Gasteiger partial charge is 0.343 e. The average Bonchev–Trinajstić information content (AvgIpc) is 3.00. The van der Waals surface area contributed by atoms with Crippen molar-refractivity contribution >= 4 is 40.3 Å². The van der Waals surface area contributed by atoms with Crippen LogP contribution in [-0.2, 0) is 4.79 Å². The van der Waals surface area contributed by atoms with Crippen LogP contribution in [0.1, 0.15) is 11.1 Å². The molecule has 0 saturated carbocycles. The van der Waals surface area contributed by atoms with Crippen LogP contribution in [0.2, 0.25) is 0 Å². The zero-order valence-corrected chi connectivity index (χ0v) is 16.7. The second-order valence-electron chi connectivity index (χ2n) is 6.70. The summed E-state index contributed by atoms with van der Waals surface area (Å²) in [5.74, 6) is -0.0401. The minimum absolute atomic E-state index is 0.0401. The predicted octanol–water partition coefficient (Wildman–Crippen LogP) is 5.12. The normalized spacial score (nSPS) is 20.1. The molecule has 4 rings (SSSR count). The van der Waals surface area contributed by atoms with E-state index in [0.717, 1.165) is 22.6 Å². The fourth-order valence-corrected chi connectivity index (χ4v) is 4.34. The van der Waals surface area contributed by atoms with Gasteiger partial charge in [0.05, 0.1) is 11.4 Å². The summed E-state index contributed by atoms with van der Waals surface area (Å²) in [6.45, 7) is 6.27. The molecule has 2 aromatic carbocycles.